The van der Waals surface area contributed by atoms with E-state index in [1.165, 1.54) is 7.11 Å². The largest absolute Gasteiger partial charge is 0.375 e. The molecule has 4 heteroatoms. The molecule has 1 rings (SSSR count). The second kappa shape index (κ2) is 5.85. The van der Waals surface area contributed by atoms with Gasteiger partial charge in [0.1, 0.15) is 12.4 Å². The molecule has 1 aliphatic rings. The number of likely N-dealkylation sites (tertiary alicyclic amines) is 1. The van der Waals surface area contributed by atoms with E-state index < -0.39 is 0 Å². The van der Waals surface area contributed by atoms with Crippen molar-refractivity contribution in [2.75, 3.05) is 26.8 Å². The van der Waals surface area contributed by atoms with Crippen molar-refractivity contribution in [1.82, 2.24) is 4.90 Å². The van der Waals surface area contributed by atoms with Gasteiger partial charge in [0.2, 0.25) is 5.91 Å². The molecule has 86 valence electrons. The fraction of sp³-hybridized carbons (Fsp3) is 0.818. The summed E-state index contributed by atoms with van der Waals surface area (Å²) in [4.78, 5) is 24.7. The number of rotatable bonds is 4. The molecule has 1 heterocycles. The predicted molar refractivity (Wildman–Crippen MR) is 56.5 cm³/mol. The monoisotopic (exact) mass is 213 g/mol. The van der Waals surface area contributed by atoms with Gasteiger partial charge in [-0.25, -0.2) is 0 Å². The summed E-state index contributed by atoms with van der Waals surface area (Å²) in [7, 11) is 1.52. The summed E-state index contributed by atoms with van der Waals surface area (Å²) >= 11 is 0. The van der Waals surface area contributed by atoms with Gasteiger partial charge in [-0.1, -0.05) is 6.92 Å². The second-order valence-corrected chi connectivity index (χ2v) is 3.91. The number of carbonyl (C=O) groups is 2. The molecule has 0 saturated carbocycles. The van der Waals surface area contributed by atoms with E-state index in [0.29, 0.717) is 25.3 Å². The van der Waals surface area contributed by atoms with Crippen LogP contribution in [0.25, 0.3) is 0 Å². The van der Waals surface area contributed by atoms with Crippen LogP contribution in [-0.4, -0.2) is 43.4 Å². The van der Waals surface area contributed by atoms with Crippen molar-refractivity contribution in [2.24, 2.45) is 5.92 Å². The maximum Gasteiger partial charge on any atom is 0.248 e. The van der Waals surface area contributed by atoms with Crippen molar-refractivity contribution in [3.63, 3.8) is 0 Å². The van der Waals surface area contributed by atoms with E-state index >= 15 is 0 Å². The number of ketones is 1. The zero-order valence-corrected chi connectivity index (χ0v) is 9.49. The lowest BCUT2D eigenvalue weighted by molar-refractivity contribution is -0.138. The molecule has 0 N–H and O–H groups in total. The Bertz CT molecular complexity index is 232. The number of carbonyl (C=O) groups excluding carboxylic acids is 2. The molecule has 0 aromatic heterocycles. The van der Waals surface area contributed by atoms with Gasteiger partial charge in [0.25, 0.3) is 0 Å². The van der Waals surface area contributed by atoms with E-state index in [4.69, 9.17) is 4.74 Å². The Hall–Kier alpha value is -0.900. The summed E-state index contributed by atoms with van der Waals surface area (Å²) in [6, 6.07) is 0. The van der Waals surface area contributed by atoms with Gasteiger partial charge < -0.3 is 9.64 Å². The third-order valence-corrected chi connectivity index (χ3v) is 2.92. The molecule has 0 radical (unpaired) electrons. The first-order chi connectivity index (χ1) is 7.19. The van der Waals surface area contributed by atoms with Crippen molar-refractivity contribution < 1.29 is 14.3 Å². The van der Waals surface area contributed by atoms with Crippen molar-refractivity contribution in [3.8, 4) is 0 Å². The van der Waals surface area contributed by atoms with Crippen LogP contribution in [0.3, 0.4) is 0 Å². The van der Waals surface area contributed by atoms with Crippen LogP contribution in [0.4, 0.5) is 0 Å². The molecule has 0 atom stereocenters. The van der Waals surface area contributed by atoms with Crippen LogP contribution in [0, 0.1) is 5.92 Å². The first-order valence-electron chi connectivity index (χ1n) is 5.48. The van der Waals surface area contributed by atoms with E-state index in [1.54, 1.807) is 4.90 Å². The van der Waals surface area contributed by atoms with Gasteiger partial charge >= 0.3 is 0 Å². The van der Waals surface area contributed by atoms with Crippen LogP contribution in [0.2, 0.25) is 0 Å². The number of hydrogen-bond donors (Lipinski definition) is 0. The number of nitrogens with zero attached hydrogens (tertiary/aromatic N) is 1. The second-order valence-electron chi connectivity index (χ2n) is 3.91. The number of piperidine rings is 1. The molecule has 1 saturated heterocycles. The first-order valence-corrected chi connectivity index (χ1v) is 5.48. The minimum Gasteiger partial charge on any atom is -0.375 e. The highest BCUT2D eigenvalue weighted by atomic mass is 16.5. The van der Waals surface area contributed by atoms with Crippen molar-refractivity contribution in [2.45, 2.75) is 26.2 Å². The third-order valence-electron chi connectivity index (χ3n) is 2.92. The van der Waals surface area contributed by atoms with Gasteiger partial charge in [0.05, 0.1) is 0 Å². The summed E-state index contributed by atoms with van der Waals surface area (Å²) < 4.78 is 4.79. The van der Waals surface area contributed by atoms with Crippen LogP contribution in [0.5, 0.6) is 0 Å². The Morgan fingerprint density at radius 3 is 2.40 bits per heavy atom. The van der Waals surface area contributed by atoms with Gasteiger partial charge in [-0.3, -0.25) is 9.59 Å². The quantitative estimate of drug-likeness (QED) is 0.695. The number of amides is 1. The molecular weight excluding hydrogens is 194 g/mol. The van der Waals surface area contributed by atoms with Gasteiger partial charge in [0.15, 0.2) is 0 Å². The van der Waals surface area contributed by atoms with Crippen LogP contribution in [0.15, 0.2) is 0 Å². The predicted octanol–water partition coefficient (Wildman–Crippen LogP) is 0.851. The van der Waals surface area contributed by atoms with E-state index in [-0.39, 0.29) is 18.4 Å². The SMILES string of the molecule is CCC(=O)C1CCN(C(=O)COC)CC1. The summed E-state index contributed by atoms with van der Waals surface area (Å²) in [5.74, 6) is 0.523. The Labute approximate surface area is 90.6 Å². The van der Waals surface area contributed by atoms with Crippen LogP contribution >= 0.6 is 0 Å². The molecule has 1 fully saturated rings. The van der Waals surface area contributed by atoms with E-state index in [0.717, 1.165) is 12.8 Å². The highest BCUT2D eigenvalue weighted by Crippen LogP contribution is 2.19. The van der Waals surface area contributed by atoms with Crippen LogP contribution in [0.1, 0.15) is 26.2 Å². The third kappa shape index (κ3) is 3.30. The molecule has 4 nitrogen and oxygen atoms in total. The summed E-state index contributed by atoms with van der Waals surface area (Å²) in [5.41, 5.74) is 0. The minimum absolute atomic E-state index is 0.0277. The molecule has 0 aliphatic carbocycles. The van der Waals surface area contributed by atoms with Crippen LogP contribution < -0.4 is 0 Å². The average molecular weight is 213 g/mol. The number of hydrogen-bond acceptors (Lipinski definition) is 3. The van der Waals surface area contributed by atoms with E-state index in [2.05, 4.69) is 0 Å². The smallest absolute Gasteiger partial charge is 0.248 e. The molecule has 0 unspecified atom stereocenters. The minimum atomic E-state index is 0.0277. The lowest BCUT2D eigenvalue weighted by Gasteiger charge is -2.31. The fourth-order valence-electron chi connectivity index (χ4n) is 1.95. The van der Waals surface area contributed by atoms with Crippen molar-refractivity contribution >= 4 is 11.7 Å². The zero-order chi connectivity index (χ0) is 11.3. The Morgan fingerprint density at radius 1 is 1.33 bits per heavy atom. The van der Waals surface area contributed by atoms with Gasteiger partial charge in [-0.15, -0.1) is 0 Å². The number of methoxy groups -OCH3 is 1. The maximum absolute atomic E-state index is 11.5. The summed E-state index contributed by atoms with van der Waals surface area (Å²) in [6.45, 7) is 3.42. The molecule has 0 aromatic carbocycles. The summed E-state index contributed by atoms with van der Waals surface area (Å²) in [6.07, 6.45) is 2.22. The van der Waals surface area contributed by atoms with Crippen molar-refractivity contribution in [1.29, 1.82) is 0 Å². The Balaban J connectivity index is 2.35. The molecule has 0 bridgehead atoms. The first kappa shape index (κ1) is 12.2. The van der Waals surface area contributed by atoms with Gasteiger partial charge in [-0.2, -0.15) is 0 Å². The van der Waals surface area contributed by atoms with Gasteiger partial charge in [-0.05, 0) is 12.8 Å². The van der Waals surface area contributed by atoms with Gasteiger partial charge in [0, 0.05) is 32.5 Å². The summed E-state index contributed by atoms with van der Waals surface area (Å²) in [5, 5.41) is 0. The molecule has 0 spiro atoms. The van der Waals surface area contributed by atoms with Crippen molar-refractivity contribution in [3.05, 3.63) is 0 Å². The molecule has 15 heavy (non-hydrogen) atoms. The lowest BCUT2D eigenvalue weighted by Crippen LogP contribution is -2.41. The van der Waals surface area contributed by atoms with E-state index in [1.807, 2.05) is 6.92 Å². The van der Waals surface area contributed by atoms with Crippen LogP contribution in [-0.2, 0) is 14.3 Å². The number of Topliss-reactive ketones (excluding diaryl/α,β-unsaturated/α-hetero) is 1. The zero-order valence-electron chi connectivity index (χ0n) is 9.49. The standard InChI is InChI=1S/C11H19NO3/c1-3-10(13)9-4-6-12(7-5-9)11(14)8-15-2/h9H,3-8H2,1-2H3. The Kier molecular flexibility index (Phi) is 4.75. The number of ether oxygens (including phenoxy) is 1. The van der Waals surface area contributed by atoms with E-state index in [9.17, 15) is 9.59 Å². The normalized spacial score (nSPS) is 17.9. The maximum atomic E-state index is 11.5. The Morgan fingerprint density at radius 2 is 1.93 bits per heavy atom. The highest BCUT2D eigenvalue weighted by Gasteiger charge is 2.25. The molecular formula is C11H19NO3. The molecule has 1 aliphatic heterocycles. The lowest BCUT2D eigenvalue weighted by atomic mass is 9.91. The molecule has 1 amide bonds. The topological polar surface area (TPSA) is 46.6 Å². The highest BCUT2D eigenvalue weighted by molar-refractivity contribution is 5.81. The molecule has 0 aromatic rings. The average Bonchev–Trinajstić information content (AvgIpc) is 2.28. The fourth-order valence-corrected chi connectivity index (χ4v) is 1.95.